The Morgan fingerprint density at radius 3 is 2.69 bits per heavy atom. The third kappa shape index (κ3) is 4.24. The van der Waals surface area contributed by atoms with Gasteiger partial charge in [0, 0.05) is 25.4 Å². The lowest BCUT2D eigenvalue weighted by Crippen LogP contribution is -2.45. The van der Waals surface area contributed by atoms with Gasteiger partial charge in [-0.25, -0.2) is 0 Å². The van der Waals surface area contributed by atoms with Gasteiger partial charge < -0.3 is 11.1 Å². The van der Waals surface area contributed by atoms with E-state index in [-0.39, 0.29) is 11.9 Å². The summed E-state index contributed by atoms with van der Waals surface area (Å²) < 4.78 is 0. The van der Waals surface area contributed by atoms with E-state index in [9.17, 15) is 4.79 Å². The lowest BCUT2D eigenvalue weighted by atomic mass is 9.84. The molecule has 1 aliphatic rings. The van der Waals surface area contributed by atoms with Crippen molar-refractivity contribution in [3.8, 4) is 12.3 Å². The third-order valence-electron chi connectivity index (χ3n) is 3.32. The monoisotopic (exact) mass is 222 g/mol. The number of terminal acetylenes is 1. The van der Waals surface area contributed by atoms with E-state index in [0.29, 0.717) is 25.3 Å². The molecule has 1 saturated carbocycles. The maximum absolute atomic E-state index is 11.6. The molecule has 1 amide bonds. The molecule has 3 N–H and O–H groups in total. The Bertz CT molecular complexity index is 251. The zero-order valence-corrected chi connectivity index (χ0v) is 9.87. The van der Waals surface area contributed by atoms with Gasteiger partial charge in [-0.15, -0.1) is 12.3 Å². The highest BCUT2D eigenvalue weighted by molar-refractivity contribution is 5.76. The van der Waals surface area contributed by atoms with Crippen LogP contribution in [0.25, 0.3) is 0 Å². The first-order valence-corrected chi connectivity index (χ1v) is 6.20. The number of nitrogens with one attached hydrogen (secondary N) is 1. The molecular formula is C13H22N2O. The number of amides is 1. The minimum Gasteiger partial charge on any atom is -0.352 e. The van der Waals surface area contributed by atoms with Crippen LogP contribution in [0.5, 0.6) is 0 Å². The number of hydrogen-bond acceptors (Lipinski definition) is 2. The van der Waals surface area contributed by atoms with Crippen LogP contribution in [0.1, 0.15) is 44.9 Å². The first-order valence-electron chi connectivity index (χ1n) is 6.20. The van der Waals surface area contributed by atoms with E-state index in [1.807, 2.05) is 0 Å². The molecule has 16 heavy (non-hydrogen) atoms. The van der Waals surface area contributed by atoms with Crippen LogP contribution in [0.4, 0.5) is 0 Å². The fraction of sp³-hybridized carbons (Fsp3) is 0.769. The zero-order chi connectivity index (χ0) is 11.8. The van der Waals surface area contributed by atoms with Crippen LogP contribution in [0.2, 0.25) is 0 Å². The molecule has 1 atom stereocenters. The first-order chi connectivity index (χ1) is 7.77. The van der Waals surface area contributed by atoms with Gasteiger partial charge in [-0.1, -0.05) is 19.3 Å². The Hall–Kier alpha value is -1.01. The van der Waals surface area contributed by atoms with E-state index in [0.717, 1.165) is 0 Å². The lowest BCUT2D eigenvalue weighted by Gasteiger charge is -2.30. The van der Waals surface area contributed by atoms with E-state index in [1.54, 1.807) is 0 Å². The molecule has 0 aromatic carbocycles. The quantitative estimate of drug-likeness (QED) is 0.691. The number of hydrogen-bond donors (Lipinski definition) is 2. The molecule has 90 valence electrons. The summed E-state index contributed by atoms with van der Waals surface area (Å²) in [4.78, 5) is 11.6. The molecule has 0 aromatic heterocycles. The van der Waals surface area contributed by atoms with Gasteiger partial charge >= 0.3 is 0 Å². The topological polar surface area (TPSA) is 55.1 Å². The summed E-state index contributed by atoms with van der Waals surface area (Å²) in [6.45, 7) is 0.534. The smallest absolute Gasteiger partial charge is 0.221 e. The maximum Gasteiger partial charge on any atom is 0.221 e. The van der Waals surface area contributed by atoms with Crippen LogP contribution < -0.4 is 11.1 Å². The number of rotatable bonds is 5. The average Bonchev–Trinajstić information content (AvgIpc) is 2.34. The second-order valence-electron chi connectivity index (χ2n) is 4.51. The molecule has 1 aliphatic carbocycles. The summed E-state index contributed by atoms with van der Waals surface area (Å²) in [7, 11) is 0. The summed E-state index contributed by atoms with van der Waals surface area (Å²) in [5.41, 5.74) is 5.73. The second kappa shape index (κ2) is 7.29. The van der Waals surface area contributed by atoms with E-state index < -0.39 is 0 Å². The molecule has 0 radical (unpaired) electrons. The van der Waals surface area contributed by atoms with Crippen molar-refractivity contribution in [2.45, 2.75) is 51.0 Å². The van der Waals surface area contributed by atoms with Crippen LogP contribution in [-0.2, 0) is 4.79 Å². The fourth-order valence-electron chi connectivity index (χ4n) is 2.37. The Morgan fingerprint density at radius 2 is 2.12 bits per heavy atom. The molecule has 0 spiro atoms. The second-order valence-corrected chi connectivity index (χ2v) is 4.51. The van der Waals surface area contributed by atoms with E-state index in [2.05, 4.69) is 11.2 Å². The molecule has 1 fully saturated rings. The van der Waals surface area contributed by atoms with Gasteiger partial charge in [0.25, 0.3) is 0 Å². The summed E-state index contributed by atoms with van der Waals surface area (Å²) in [6.07, 6.45) is 12.3. The standard InChI is InChI=1S/C13H22N2O/c1-2-3-9-13(16)15-12(10-14)11-7-5-4-6-8-11/h1,11-12H,3-10,14H2,(H,15,16). The van der Waals surface area contributed by atoms with Crippen LogP contribution in [0.15, 0.2) is 0 Å². The Morgan fingerprint density at radius 1 is 1.44 bits per heavy atom. The van der Waals surface area contributed by atoms with E-state index >= 15 is 0 Å². The summed E-state index contributed by atoms with van der Waals surface area (Å²) in [5, 5.41) is 3.01. The third-order valence-corrected chi connectivity index (χ3v) is 3.32. The van der Waals surface area contributed by atoms with Gasteiger partial charge in [-0.3, -0.25) is 4.79 Å². The molecule has 0 bridgehead atoms. The highest BCUT2D eigenvalue weighted by Gasteiger charge is 2.23. The van der Waals surface area contributed by atoms with Crippen molar-refractivity contribution in [1.29, 1.82) is 0 Å². The van der Waals surface area contributed by atoms with Gasteiger partial charge in [0.1, 0.15) is 0 Å². The predicted octanol–water partition coefficient (Wildman–Crippen LogP) is 1.42. The van der Waals surface area contributed by atoms with Gasteiger partial charge in [0.2, 0.25) is 5.91 Å². The van der Waals surface area contributed by atoms with Crippen LogP contribution in [0.3, 0.4) is 0 Å². The van der Waals surface area contributed by atoms with E-state index in [1.165, 1.54) is 32.1 Å². The molecule has 3 heteroatoms. The Kier molecular flexibility index (Phi) is 5.95. The van der Waals surface area contributed by atoms with Gasteiger partial charge in [0.15, 0.2) is 0 Å². The Labute approximate surface area is 98.2 Å². The molecular weight excluding hydrogens is 200 g/mol. The largest absolute Gasteiger partial charge is 0.352 e. The van der Waals surface area contributed by atoms with Crippen molar-refractivity contribution in [3.63, 3.8) is 0 Å². The van der Waals surface area contributed by atoms with Gasteiger partial charge in [-0.2, -0.15) is 0 Å². The van der Waals surface area contributed by atoms with Crippen molar-refractivity contribution in [2.75, 3.05) is 6.54 Å². The molecule has 1 unspecified atom stereocenters. The van der Waals surface area contributed by atoms with Gasteiger partial charge in [-0.05, 0) is 18.8 Å². The number of carbonyl (C=O) groups is 1. The summed E-state index contributed by atoms with van der Waals surface area (Å²) in [5.74, 6) is 3.08. The fourth-order valence-corrected chi connectivity index (χ4v) is 2.37. The minimum atomic E-state index is 0.0407. The average molecular weight is 222 g/mol. The van der Waals surface area contributed by atoms with Crippen LogP contribution >= 0.6 is 0 Å². The van der Waals surface area contributed by atoms with Crippen molar-refractivity contribution in [3.05, 3.63) is 0 Å². The van der Waals surface area contributed by atoms with Crippen molar-refractivity contribution < 1.29 is 4.79 Å². The Balaban J connectivity index is 2.35. The SMILES string of the molecule is C#CCCC(=O)NC(CN)C1CCCCC1. The normalized spacial score (nSPS) is 18.8. The predicted molar refractivity (Wildman–Crippen MR) is 65.6 cm³/mol. The molecule has 3 nitrogen and oxygen atoms in total. The highest BCUT2D eigenvalue weighted by atomic mass is 16.1. The number of carbonyl (C=O) groups excluding carboxylic acids is 1. The van der Waals surface area contributed by atoms with Crippen molar-refractivity contribution in [2.24, 2.45) is 11.7 Å². The maximum atomic E-state index is 11.6. The van der Waals surface area contributed by atoms with Crippen molar-refractivity contribution >= 4 is 5.91 Å². The number of nitrogens with two attached hydrogens (primary N) is 1. The van der Waals surface area contributed by atoms with Gasteiger partial charge in [0.05, 0.1) is 0 Å². The van der Waals surface area contributed by atoms with Crippen LogP contribution in [-0.4, -0.2) is 18.5 Å². The highest BCUT2D eigenvalue weighted by Crippen LogP contribution is 2.26. The van der Waals surface area contributed by atoms with Crippen LogP contribution in [0, 0.1) is 18.3 Å². The van der Waals surface area contributed by atoms with Crippen molar-refractivity contribution in [1.82, 2.24) is 5.32 Å². The molecule has 0 aromatic rings. The first kappa shape index (κ1) is 13.1. The van der Waals surface area contributed by atoms with E-state index in [4.69, 9.17) is 12.2 Å². The summed E-state index contributed by atoms with van der Waals surface area (Å²) in [6, 6.07) is 0.144. The molecule has 0 saturated heterocycles. The molecule has 0 heterocycles. The molecule has 0 aliphatic heterocycles. The summed E-state index contributed by atoms with van der Waals surface area (Å²) >= 11 is 0. The lowest BCUT2D eigenvalue weighted by molar-refractivity contribution is -0.122. The minimum absolute atomic E-state index is 0.0407. The zero-order valence-electron chi connectivity index (χ0n) is 9.87. The molecule has 1 rings (SSSR count).